The maximum Gasteiger partial charge on any atom is 0.249 e. The average molecular weight is 319 g/mol. The Morgan fingerprint density at radius 3 is 2.42 bits per heavy atom. The van der Waals surface area contributed by atoms with Gasteiger partial charge in [-0.25, -0.2) is 0 Å². The summed E-state index contributed by atoms with van der Waals surface area (Å²) in [4.78, 5) is 4.47. The van der Waals surface area contributed by atoms with Gasteiger partial charge in [-0.05, 0) is 38.0 Å². The fraction of sp³-hybridized carbons (Fsp3) is 0.211. The highest BCUT2D eigenvalue weighted by molar-refractivity contribution is 5.59. The molecule has 3 aromatic rings. The van der Waals surface area contributed by atoms with Crippen molar-refractivity contribution in [2.45, 2.75) is 27.3 Å². The van der Waals surface area contributed by atoms with Crippen LogP contribution in [0.3, 0.4) is 0 Å². The number of rotatable bonds is 5. The van der Waals surface area contributed by atoms with Crippen LogP contribution in [0.5, 0.6) is 0 Å². The Labute approximate surface area is 142 Å². The molecule has 0 aliphatic rings. The molecular formula is C19H21N5. The number of hydrogen-bond acceptors (Lipinski definition) is 5. The van der Waals surface area contributed by atoms with E-state index < -0.39 is 0 Å². The minimum absolute atomic E-state index is 0.482. The number of anilines is 3. The summed E-state index contributed by atoms with van der Waals surface area (Å²) in [6.07, 6.45) is 1.63. The van der Waals surface area contributed by atoms with E-state index in [-0.39, 0.29) is 0 Å². The fourth-order valence-corrected chi connectivity index (χ4v) is 2.41. The molecule has 5 nitrogen and oxygen atoms in total. The van der Waals surface area contributed by atoms with E-state index in [0.29, 0.717) is 18.3 Å². The van der Waals surface area contributed by atoms with Crippen LogP contribution in [0.25, 0.3) is 0 Å². The van der Waals surface area contributed by atoms with Gasteiger partial charge >= 0.3 is 0 Å². The van der Waals surface area contributed by atoms with Crippen LogP contribution in [-0.4, -0.2) is 15.2 Å². The zero-order valence-electron chi connectivity index (χ0n) is 14.2. The van der Waals surface area contributed by atoms with Crippen molar-refractivity contribution in [1.29, 1.82) is 0 Å². The zero-order valence-corrected chi connectivity index (χ0v) is 14.2. The molecule has 1 aromatic heterocycles. The van der Waals surface area contributed by atoms with Crippen LogP contribution in [0.4, 0.5) is 17.5 Å². The maximum absolute atomic E-state index is 4.47. The van der Waals surface area contributed by atoms with Gasteiger partial charge in [-0.2, -0.15) is 10.1 Å². The van der Waals surface area contributed by atoms with Crippen molar-refractivity contribution in [2.24, 2.45) is 0 Å². The van der Waals surface area contributed by atoms with Crippen LogP contribution in [-0.2, 0) is 6.54 Å². The van der Waals surface area contributed by atoms with Gasteiger partial charge in [0.1, 0.15) is 0 Å². The van der Waals surface area contributed by atoms with Crippen LogP contribution in [0.2, 0.25) is 0 Å². The van der Waals surface area contributed by atoms with E-state index in [1.165, 1.54) is 16.7 Å². The molecule has 2 aromatic carbocycles. The minimum atomic E-state index is 0.482. The highest BCUT2D eigenvalue weighted by Gasteiger charge is 2.04. The predicted octanol–water partition coefficient (Wildman–Crippen LogP) is 4.15. The highest BCUT2D eigenvalue weighted by atomic mass is 15.3. The number of hydrogen-bond donors (Lipinski definition) is 2. The van der Waals surface area contributed by atoms with Crippen molar-refractivity contribution in [1.82, 2.24) is 15.2 Å². The van der Waals surface area contributed by atoms with E-state index in [1.807, 2.05) is 6.07 Å². The van der Waals surface area contributed by atoms with Crippen molar-refractivity contribution in [3.05, 3.63) is 70.9 Å². The smallest absolute Gasteiger partial charge is 0.249 e. The van der Waals surface area contributed by atoms with Crippen molar-refractivity contribution in [2.75, 3.05) is 10.6 Å². The molecule has 0 spiro atoms. The number of nitrogens with one attached hydrogen (secondary N) is 2. The summed E-state index contributed by atoms with van der Waals surface area (Å²) in [5, 5.41) is 14.6. The molecule has 0 aliphatic carbocycles. The van der Waals surface area contributed by atoms with Gasteiger partial charge in [-0.1, -0.05) is 47.5 Å². The number of aromatic nitrogens is 3. The summed E-state index contributed by atoms with van der Waals surface area (Å²) in [5.74, 6) is 1.17. The molecule has 0 aliphatic heterocycles. The Bertz CT molecular complexity index is 827. The van der Waals surface area contributed by atoms with Crippen LogP contribution in [0, 0.1) is 20.8 Å². The van der Waals surface area contributed by atoms with E-state index in [9.17, 15) is 0 Å². The molecule has 0 unspecified atom stereocenters. The van der Waals surface area contributed by atoms with E-state index >= 15 is 0 Å². The first-order valence-corrected chi connectivity index (χ1v) is 7.93. The molecule has 24 heavy (non-hydrogen) atoms. The van der Waals surface area contributed by atoms with Crippen molar-refractivity contribution in [3.8, 4) is 0 Å². The third-order valence-corrected chi connectivity index (χ3v) is 3.78. The highest BCUT2D eigenvalue weighted by Crippen LogP contribution is 2.19. The van der Waals surface area contributed by atoms with Gasteiger partial charge in [-0.3, -0.25) is 0 Å². The number of aryl methyl sites for hydroxylation is 3. The molecule has 0 fully saturated rings. The summed E-state index contributed by atoms with van der Waals surface area (Å²) in [6.45, 7) is 6.91. The second kappa shape index (κ2) is 7.08. The van der Waals surface area contributed by atoms with Crippen molar-refractivity contribution >= 4 is 17.5 Å². The molecule has 0 radical (unpaired) electrons. The predicted molar refractivity (Wildman–Crippen MR) is 97.5 cm³/mol. The molecule has 5 heteroatoms. The SMILES string of the molecule is Cc1ccc(CNc2cnnc(Nc3ccc(C)cc3C)n2)cc1. The first kappa shape index (κ1) is 15.9. The van der Waals surface area contributed by atoms with Crippen molar-refractivity contribution < 1.29 is 0 Å². The molecule has 0 bridgehead atoms. The lowest BCUT2D eigenvalue weighted by atomic mass is 10.1. The van der Waals surface area contributed by atoms with Crippen LogP contribution >= 0.6 is 0 Å². The monoisotopic (exact) mass is 319 g/mol. The second-order valence-corrected chi connectivity index (χ2v) is 5.95. The lowest BCUT2D eigenvalue weighted by molar-refractivity contribution is 0.965. The molecule has 2 N–H and O–H groups in total. The van der Waals surface area contributed by atoms with Gasteiger partial charge in [0, 0.05) is 12.2 Å². The lowest BCUT2D eigenvalue weighted by Gasteiger charge is -2.10. The second-order valence-electron chi connectivity index (χ2n) is 5.95. The average Bonchev–Trinajstić information content (AvgIpc) is 2.57. The number of benzene rings is 2. The first-order valence-electron chi connectivity index (χ1n) is 7.93. The van der Waals surface area contributed by atoms with Gasteiger partial charge in [0.15, 0.2) is 5.82 Å². The van der Waals surface area contributed by atoms with E-state index in [1.54, 1.807) is 6.20 Å². The Morgan fingerprint density at radius 1 is 0.917 bits per heavy atom. The number of nitrogens with zero attached hydrogens (tertiary/aromatic N) is 3. The zero-order chi connectivity index (χ0) is 16.9. The molecule has 3 rings (SSSR count). The summed E-state index contributed by atoms with van der Waals surface area (Å²) in [6, 6.07) is 14.6. The Kier molecular flexibility index (Phi) is 4.70. The topological polar surface area (TPSA) is 62.7 Å². The third-order valence-electron chi connectivity index (χ3n) is 3.78. The fourth-order valence-electron chi connectivity index (χ4n) is 2.41. The summed E-state index contributed by atoms with van der Waals surface area (Å²) >= 11 is 0. The minimum Gasteiger partial charge on any atom is -0.365 e. The Morgan fingerprint density at radius 2 is 1.67 bits per heavy atom. The van der Waals surface area contributed by atoms with E-state index in [2.05, 4.69) is 83.0 Å². The summed E-state index contributed by atoms with van der Waals surface area (Å²) < 4.78 is 0. The van der Waals surface area contributed by atoms with E-state index in [0.717, 1.165) is 11.3 Å². The molecule has 0 saturated heterocycles. The van der Waals surface area contributed by atoms with E-state index in [4.69, 9.17) is 0 Å². The van der Waals surface area contributed by atoms with Gasteiger partial charge in [0.25, 0.3) is 0 Å². The molecular weight excluding hydrogens is 298 g/mol. The molecule has 0 atom stereocenters. The Hall–Kier alpha value is -2.95. The van der Waals surface area contributed by atoms with Crippen molar-refractivity contribution in [3.63, 3.8) is 0 Å². The van der Waals surface area contributed by atoms with Gasteiger partial charge in [-0.15, -0.1) is 5.10 Å². The molecule has 0 amide bonds. The molecule has 1 heterocycles. The van der Waals surface area contributed by atoms with Crippen LogP contribution in [0.1, 0.15) is 22.3 Å². The molecule has 122 valence electrons. The third kappa shape index (κ3) is 4.07. The lowest BCUT2D eigenvalue weighted by Crippen LogP contribution is -2.06. The largest absolute Gasteiger partial charge is 0.365 e. The van der Waals surface area contributed by atoms with Crippen LogP contribution in [0.15, 0.2) is 48.7 Å². The van der Waals surface area contributed by atoms with Gasteiger partial charge in [0.2, 0.25) is 5.95 Å². The Balaban J connectivity index is 1.68. The normalized spacial score (nSPS) is 10.5. The molecule has 0 saturated carbocycles. The first-order chi connectivity index (χ1) is 11.6. The maximum atomic E-state index is 4.47. The van der Waals surface area contributed by atoms with Gasteiger partial charge < -0.3 is 10.6 Å². The summed E-state index contributed by atoms with van der Waals surface area (Å²) in [5.41, 5.74) is 5.81. The standard InChI is InChI=1S/C19H21N5/c1-13-4-7-16(8-5-13)11-20-18-12-21-24-19(23-18)22-17-9-6-14(2)10-15(17)3/h4-10,12H,11H2,1-3H3,(H2,20,22,23,24). The van der Waals surface area contributed by atoms with Crippen LogP contribution < -0.4 is 10.6 Å². The van der Waals surface area contributed by atoms with Gasteiger partial charge in [0.05, 0.1) is 6.20 Å². The quantitative estimate of drug-likeness (QED) is 0.739. The summed E-state index contributed by atoms with van der Waals surface area (Å²) in [7, 11) is 0.